The van der Waals surface area contributed by atoms with E-state index in [4.69, 9.17) is 30.0 Å². The van der Waals surface area contributed by atoms with Gasteiger partial charge in [0.15, 0.2) is 11.5 Å². The second-order valence-corrected chi connectivity index (χ2v) is 6.66. The fourth-order valence-corrected chi connectivity index (χ4v) is 2.89. The number of methoxy groups -OCH3 is 1. The molecule has 0 radical (unpaired) electrons. The molecule has 12 heteroatoms. The van der Waals surface area contributed by atoms with Gasteiger partial charge in [0.25, 0.3) is 5.89 Å². The van der Waals surface area contributed by atoms with Crippen molar-refractivity contribution >= 4 is 11.6 Å². The van der Waals surface area contributed by atoms with E-state index in [1.165, 1.54) is 19.2 Å². The summed E-state index contributed by atoms with van der Waals surface area (Å²) < 4.78 is 87.6. The number of aromatic nitrogens is 2. The van der Waals surface area contributed by atoms with Crippen molar-refractivity contribution in [2.45, 2.75) is 6.61 Å². The Bertz CT molecular complexity index is 1280. The zero-order valence-electron chi connectivity index (χ0n) is 15.9. The minimum atomic E-state index is -2.28. The van der Waals surface area contributed by atoms with E-state index >= 15 is 0 Å². The van der Waals surface area contributed by atoms with Crippen LogP contribution < -0.4 is 9.47 Å². The Morgan fingerprint density at radius 2 is 1.62 bits per heavy atom. The molecule has 4 rings (SSSR count). The number of rotatable bonds is 6. The first-order valence-corrected chi connectivity index (χ1v) is 9.09. The van der Waals surface area contributed by atoms with Crippen molar-refractivity contribution in [1.29, 1.82) is 0 Å². The highest BCUT2D eigenvalue weighted by molar-refractivity contribution is 6.30. The van der Waals surface area contributed by atoms with Crippen molar-refractivity contribution < 1.29 is 40.4 Å². The van der Waals surface area contributed by atoms with Crippen LogP contribution in [0.2, 0.25) is 5.02 Å². The average molecular weight is 473 g/mol. The molecule has 2 heterocycles. The van der Waals surface area contributed by atoms with Crippen molar-refractivity contribution in [1.82, 2.24) is 10.1 Å². The van der Waals surface area contributed by atoms with Gasteiger partial charge in [0.2, 0.25) is 34.9 Å². The van der Waals surface area contributed by atoms with E-state index < -0.39 is 41.4 Å². The lowest BCUT2D eigenvalue weighted by Crippen LogP contribution is -2.06. The van der Waals surface area contributed by atoms with Gasteiger partial charge in [-0.2, -0.15) is 13.8 Å². The third-order valence-corrected chi connectivity index (χ3v) is 4.46. The monoisotopic (exact) mass is 472 g/mol. The molecule has 166 valence electrons. The van der Waals surface area contributed by atoms with E-state index in [1.54, 1.807) is 18.2 Å². The average Bonchev–Trinajstić information content (AvgIpc) is 3.46. The van der Waals surface area contributed by atoms with Gasteiger partial charge >= 0.3 is 0 Å². The smallest absolute Gasteiger partial charge is 0.293 e. The van der Waals surface area contributed by atoms with Gasteiger partial charge in [0, 0.05) is 5.02 Å². The van der Waals surface area contributed by atoms with Crippen molar-refractivity contribution in [2.75, 3.05) is 7.11 Å². The second-order valence-electron chi connectivity index (χ2n) is 6.22. The summed E-state index contributed by atoms with van der Waals surface area (Å²) in [4.78, 5) is 4.18. The number of hydrogen-bond acceptors (Lipinski definition) is 6. The first-order valence-electron chi connectivity index (χ1n) is 8.71. The van der Waals surface area contributed by atoms with Crippen LogP contribution in [0.25, 0.3) is 23.0 Å². The molecule has 2 aromatic heterocycles. The van der Waals surface area contributed by atoms with Gasteiger partial charge in [0.1, 0.15) is 18.1 Å². The lowest BCUT2D eigenvalue weighted by molar-refractivity contribution is 0.232. The summed E-state index contributed by atoms with van der Waals surface area (Å²) in [6.07, 6.45) is 0. The van der Waals surface area contributed by atoms with Gasteiger partial charge in [-0.25, -0.2) is 13.2 Å². The quantitative estimate of drug-likeness (QED) is 0.197. The molecule has 0 atom stereocenters. The third-order valence-electron chi connectivity index (χ3n) is 4.23. The van der Waals surface area contributed by atoms with Gasteiger partial charge in [-0.15, -0.1) is 0 Å². The van der Waals surface area contributed by atoms with Crippen LogP contribution in [-0.2, 0) is 6.61 Å². The van der Waals surface area contributed by atoms with Gasteiger partial charge in [-0.3, -0.25) is 0 Å². The summed E-state index contributed by atoms with van der Waals surface area (Å²) in [5.74, 6) is -11.5. The molecule has 0 amide bonds. The molecule has 0 aliphatic heterocycles. The normalized spacial score (nSPS) is 11.1. The van der Waals surface area contributed by atoms with Crippen LogP contribution in [0.4, 0.5) is 22.0 Å². The Kier molecular flexibility index (Phi) is 5.74. The second kappa shape index (κ2) is 8.50. The maximum atomic E-state index is 13.7. The van der Waals surface area contributed by atoms with E-state index in [9.17, 15) is 22.0 Å². The molecule has 0 aliphatic rings. The van der Waals surface area contributed by atoms with Crippen LogP contribution in [0.15, 0.2) is 39.3 Å². The first-order chi connectivity index (χ1) is 15.3. The number of hydrogen-bond donors (Lipinski definition) is 0. The number of halogens is 6. The Labute approximate surface area is 181 Å². The van der Waals surface area contributed by atoms with Crippen molar-refractivity contribution in [2.24, 2.45) is 0 Å². The molecule has 32 heavy (non-hydrogen) atoms. The number of benzene rings is 2. The topological polar surface area (TPSA) is 70.5 Å². The van der Waals surface area contributed by atoms with Crippen molar-refractivity contribution in [3.05, 3.63) is 70.2 Å². The third kappa shape index (κ3) is 3.86. The molecule has 0 bridgehead atoms. The van der Waals surface area contributed by atoms with Crippen LogP contribution in [0, 0.1) is 29.1 Å². The maximum Gasteiger partial charge on any atom is 0.293 e. The molecular formula is C20H10ClF5N2O4. The minimum absolute atomic E-state index is 0.0102. The van der Waals surface area contributed by atoms with E-state index in [0.29, 0.717) is 16.3 Å². The molecule has 6 nitrogen and oxygen atoms in total. The summed E-state index contributed by atoms with van der Waals surface area (Å²) in [7, 11) is 1.46. The fourth-order valence-electron chi connectivity index (χ4n) is 2.71. The Balaban J connectivity index is 1.55. The highest BCUT2D eigenvalue weighted by atomic mass is 35.5. The molecule has 0 saturated carbocycles. The van der Waals surface area contributed by atoms with Gasteiger partial charge in [-0.05, 0) is 30.3 Å². The highest BCUT2D eigenvalue weighted by Gasteiger charge is 2.27. The molecule has 0 fully saturated rings. The van der Waals surface area contributed by atoms with Crippen LogP contribution in [0.3, 0.4) is 0 Å². The standard InChI is InChI=1S/C20H10ClF5N2O4/c1-29-11-4-2-8(21)6-10(11)19-27-20(32-28-19)12-5-3-9(31-12)7-30-18-16(25)14(23)13(22)15(24)17(18)26/h2-6H,7H2,1H3. The van der Waals surface area contributed by atoms with Gasteiger partial charge < -0.3 is 18.4 Å². The number of nitrogens with zero attached hydrogens (tertiary/aromatic N) is 2. The Hall–Kier alpha value is -3.60. The van der Waals surface area contributed by atoms with E-state index in [1.807, 2.05) is 0 Å². The van der Waals surface area contributed by atoms with E-state index in [0.717, 1.165) is 0 Å². The van der Waals surface area contributed by atoms with E-state index in [2.05, 4.69) is 10.1 Å². The Morgan fingerprint density at radius 1 is 0.938 bits per heavy atom. The van der Waals surface area contributed by atoms with Crippen molar-refractivity contribution in [3.63, 3.8) is 0 Å². The predicted molar refractivity (Wildman–Crippen MR) is 99.6 cm³/mol. The van der Waals surface area contributed by atoms with Crippen LogP contribution in [-0.4, -0.2) is 17.3 Å². The van der Waals surface area contributed by atoms with Gasteiger partial charge in [-0.1, -0.05) is 16.8 Å². The zero-order valence-corrected chi connectivity index (χ0v) is 16.6. The van der Waals surface area contributed by atoms with Gasteiger partial charge in [0.05, 0.1) is 12.7 Å². The summed E-state index contributed by atoms with van der Waals surface area (Å²) in [5, 5.41) is 4.25. The van der Waals surface area contributed by atoms with Crippen LogP contribution in [0.5, 0.6) is 11.5 Å². The van der Waals surface area contributed by atoms with Crippen LogP contribution in [0.1, 0.15) is 5.76 Å². The van der Waals surface area contributed by atoms with Crippen molar-refractivity contribution in [3.8, 4) is 34.5 Å². The summed E-state index contributed by atoms with van der Waals surface area (Å²) in [5.41, 5.74) is 0.455. The molecule has 0 N–H and O–H groups in total. The maximum absolute atomic E-state index is 13.7. The summed E-state index contributed by atoms with van der Waals surface area (Å²) in [6.45, 7) is -0.637. The molecule has 4 aromatic rings. The lowest BCUT2D eigenvalue weighted by atomic mass is 10.2. The number of ether oxygens (including phenoxy) is 2. The molecular weight excluding hydrogens is 463 g/mol. The SMILES string of the molecule is COc1ccc(Cl)cc1-c1noc(-c2ccc(COc3c(F)c(F)c(F)c(F)c3F)o2)n1. The molecule has 0 aliphatic carbocycles. The minimum Gasteiger partial charge on any atom is -0.496 e. The predicted octanol–water partition coefficient (Wildman–Crippen LogP) is 5.93. The molecule has 0 saturated heterocycles. The largest absolute Gasteiger partial charge is 0.496 e. The Morgan fingerprint density at radius 3 is 2.31 bits per heavy atom. The highest BCUT2D eigenvalue weighted by Crippen LogP contribution is 2.33. The number of furan rings is 1. The zero-order chi connectivity index (χ0) is 23.0. The molecule has 0 unspecified atom stereocenters. The van der Waals surface area contributed by atoms with E-state index in [-0.39, 0.29) is 23.2 Å². The summed E-state index contributed by atoms with van der Waals surface area (Å²) in [6, 6.07) is 7.54. The fraction of sp³-hybridized carbons (Fsp3) is 0.100. The van der Waals surface area contributed by atoms with Crippen LogP contribution >= 0.6 is 11.6 Å². The molecule has 2 aromatic carbocycles. The summed E-state index contributed by atoms with van der Waals surface area (Å²) >= 11 is 5.99. The first kappa shape index (κ1) is 21.6. The lowest BCUT2D eigenvalue weighted by Gasteiger charge is -2.08. The molecule has 0 spiro atoms.